The van der Waals surface area contributed by atoms with E-state index in [0.29, 0.717) is 49.7 Å². The van der Waals surface area contributed by atoms with Crippen LogP contribution in [0.15, 0.2) is 35.5 Å². The van der Waals surface area contributed by atoms with Gasteiger partial charge in [-0.25, -0.2) is 0 Å². The topological polar surface area (TPSA) is 118 Å². The van der Waals surface area contributed by atoms with Gasteiger partial charge in [0, 0.05) is 56.7 Å². The fourth-order valence-electron chi connectivity index (χ4n) is 14.1. The third-order valence-corrected chi connectivity index (χ3v) is 17.5. The van der Waals surface area contributed by atoms with Gasteiger partial charge in [0.25, 0.3) is 0 Å². The lowest BCUT2D eigenvalue weighted by molar-refractivity contribution is -0.236. The number of aromatic nitrogens is 1. The molecule has 0 radical (unpaired) electrons. The molecule has 1 aromatic rings. The van der Waals surface area contributed by atoms with Crippen molar-refractivity contribution in [3.8, 4) is 0 Å². The van der Waals surface area contributed by atoms with Gasteiger partial charge in [0.2, 0.25) is 0 Å². The first-order valence-electron chi connectivity index (χ1n) is 23.2. The zero-order valence-electron chi connectivity index (χ0n) is 39.3. The van der Waals surface area contributed by atoms with Crippen LogP contribution in [-0.2, 0) is 35.1 Å². The Morgan fingerprint density at radius 2 is 1.67 bits per heavy atom. The van der Waals surface area contributed by atoms with Crippen LogP contribution in [0.4, 0.5) is 0 Å². The SMILES string of the molecule is COCCO[C@@H](CN(CCN(C)C)Cc1ccccn1)[C@@]12CC[C@]3(C)[C@H](CC[C@@H]4[C@@]5(C)CC[C@H](OC(=O)CC(C)(C)C(=O)O)C(C)(C)C5CC[C@]43C)C1=C(C(C)C)C(=O)C2. The van der Waals surface area contributed by atoms with Crippen LogP contribution in [0.2, 0.25) is 0 Å². The van der Waals surface area contributed by atoms with Gasteiger partial charge in [-0.1, -0.05) is 60.1 Å². The van der Waals surface area contributed by atoms with Gasteiger partial charge in [0.15, 0.2) is 5.78 Å². The van der Waals surface area contributed by atoms with E-state index in [0.717, 1.165) is 82.3 Å². The van der Waals surface area contributed by atoms with E-state index < -0.39 is 17.4 Å². The van der Waals surface area contributed by atoms with Gasteiger partial charge in [-0.15, -0.1) is 0 Å². The minimum atomic E-state index is -1.17. The number of fused-ring (bicyclic) bond motifs is 7. The number of likely N-dealkylation sites (N-methyl/N-ethyl adjacent to an activating group) is 1. The minimum absolute atomic E-state index is 0.000982. The van der Waals surface area contributed by atoms with Crippen molar-refractivity contribution >= 4 is 17.7 Å². The van der Waals surface area contributed by atoms with Crippen molar-refractivity contribution < 1.29 is 33.7 Å². The summed E-state index contributed by atoms with van der Waals surface area (Å²) >= 11 is 0. The molecule has 0 aromatic carbocycles. The molecule has 10 heteroatoms. The predicted octanol–water partition coefficient (Wildman–Crippen LogP) is 8.87. The first-order chi connectivity index (χ1) is 28.1. The molecule has 1 aromatic heterocycles. The number of aliphatic carboxylic acids is 1. The molecule has 5 aliphatic carbocycles. The summed E-state index contributed by atoms with van der Waals surface area (Å²) in [6.07, 6.45) is 9.93. The highest BCUT2D eigenvalue weighted by Gasteiger charge is 2.71. The van der Waals surface area contributed by atoms with E-state index in [-0.39, 0.29) is 51.6 Å². The van der Waals surface area contributed by atoms with Crippen molar-refractivity contribution in [3.63, 3.8) is 0 Å². The molecule has 6 rings (SSSR count). The molecular formula is C50H79N3O7. The van der Waals surface area contributed by atoms with Crippen LogP contribution in [0.3, 0.4) is 0 Å². The Morgan fingerprint density at radius 1 is 0.933 bits per heavy atom. The fraction of sp³-hybridized carbons (Fsp3) is 0.800. The molecule has 1 heterocycles. The quantitative estimate of drug-likeness (QED) is 0.121. The number of esters is 1. The van der Waals surface area contributed by atoms with E-state index in [9.17, 15) is 19.5 Å². The summed E-state index contributed by atoms with van der Waals surface area (Å²) in [5, 5.41) is 9.69. The molecule has 60 heavy (non-hydrogen) atoms. The molecule has 0 spiro atoms. The number of hydrogen-bond donors (Lipinski definition) is 1. The zero-order valence-corrected chi connectivity index (χ0v) is 39.3. The number of carbonyl (C=O) groups excluding carboxylic acids is 2. The minimum Gasteiger partial charge on any atom is -0.481 e. The monoisotopic (exact) mass is 834 g/mol. The predicted molar refractivity (Wildman–Crippen MR) is 235 cm³/mol. The lowest BCUT2D eigenvalue weighted by Crippen LogP contribution is -2.66. The van der Waals surface area contributed by atoms with Crippen LogP contribution >= 0.6 is 0 Å². The Hall–Kier alpha value is -2.66. The van der Waals surface area contributed by atoms with E-state index in [2.05, 4.69) is 84.5 Å². The Morgan fingerprint density at radius 3 is 2.30 bits per heavy atom. The second kappa shape index (κ2) is 17.5. The van der Waals surface area contributed by atoms with Gasteiger partial charge in [-0.2, -0.15) is 0 Å². The number of carboxylic acid groups (broad SMARTS) is 1. The van der Waals surface area contributed by atoms with Crippen molar-refractivity contribution in [2.75, 3.05) is 54.1 Å². The molecular weight excluding hydrogens is 755 g/mol. The first kappa shape index (κ1) is 46.8. The number of ether oxygens (including phenoxy) is 3. The molecule has 0 aliphatic heterocycles. The number of allylic oxidation sites excluding steroid dienone is 1. The third-order valence-electron chi connectivity index (χ3n) is 17.5. The lowest BCUT2D eigenvalue weighted by atomic mass is 9.33. The molecule has 0 saturated heterocycles. The van der Waals surface area contributed by atoms with Crippen LogP contribution in [0.5, 0.6) is 0 Å². The van der Waals surface area contributed by atoms with Crippen LogP contribution in [0, 0.1) is 56.2 Å². The molecule has 0 bridgehead atoms. The molecule has 4 fully saturated rings. The molecule has 0 amide bonds. The molecule has 10 nitrogen and oxygen atoms in total. The molecule has 1 unspecified atom stereocenters. The van der Waals surface area contributed by atoms with Crippen molar-refractivity contribution in [3.05, 3.63) is 41.2 Å². The number of nitrogens with zero attached hydrogens (tertiary/aromatic N) is 3. The average Bonchev–Trinajstić information content (AvgIpc) is 3.48. The maximum Gasteiger partial charge on any atom is 0.309 e. The highest BCUT2D eigenvalue weighted by atomic mass is 16.5. The number of Topliss-reactive ketones (excluding diaryl/α,β-unsaturated/α-hetero) is 1. The summed E-state index contributed by atoms with van der Waals surface area (Å²) in [6, 6.07) is 6.13. The molecule has 5 aliphatic rings. The van der Waals surface area contributed by atoms with Gasteiger partial charge in [0.05, 0.1) is 36.8 Å². The number of ketones is 1. The number of hydrogen-bond acceptors (Lipinski definition) is 9. The average molecular weight is 834 g/mol. The Balaban J connectivity index is 1.33. The van der Waals surface area contributed by atoms with E-state index in [4.69, 9.17) is 19.2 Å². The summed E-state index contributed by atoms with van der Waals surface area (Å²) in [5.41, 5.74) is 1.87. The third kappa shape index (κ3) is 8.30. The summed E-state index contributed by atoms with van der Waals surface area (Å²) in [6.45, 7) is 24.2. The van der Waals surface area contributed by atoms with E-state index in [1.165, 1.54) is 5.57 Å². The van der Waals surface area contributed by atoms with Crippen LogP contribution in [0.25, 0.3) is 0 Å². The maximum absolute atomic E-state index is 14.6. The zero-order chi connectivity index (χ0) is 44.1. The molecule has 9 atom stereocenters. The Kier molecular flexibility index (Phi) is 13.6. The molecule has 1 N–H and O–H groups in total. The lowest BCUT2D eigenvalue weighted by Gasteiger charge is -2.72. The summed E-state index contributed by atoms with van der Waals surface area (Å²) in [5.74, 6) is 0.208. The van der Waals surface area contributed by atoms with E-state index in [1.54, 1.807) is 21.0 Å². The van der Waals surface area contributed by atoms with Gasteiger partial charge < -0.3 is 24.2 Å². The summed E-state index contributed by atoms with van der Waals surface area (Å²) < 4.78 is 18.9. The van der Waals surface area contributed by atoms with Crippen molar-refractivity contribution in [2.45, 2.75) is 145 Å². The van der Waals surface area contributed by atoms with Gasteiger partial charge >= 0.3 is 11.9 Å². The van der Waals surface area contributed by atoms with E-state index >= 15 is 0 Å². The van der Waals surface area contributed by atoms with Crippen molar-refractivity contribution in [1.29, 1.82) is 0 Å². The largest absolute Gasteiger partial charge is 0.481 e. The number of pyridine rings is 1. The van der Waals surface area contributed by atoms with Crippen LogP contribution in [-0.4, -0.2) is 104 Å². The van der Waals surface area contributed by atoms with Crippen molar-refractivity contribution in [2.24, 2.45) is 56.2 Å². The van der Waals surface area contributed by atoms with Gasteiger partial charge in [0.1, 0.15) is 6.10 Å². The summed E-state index contributed by atoms with van der Waals surface area (Å²) in [7, 11) is 5.97. The second-order valence-electron chi connectivity index (χ2n) is 22.3. The van der Waals surface area contributed by atoms with Gasteiger partial charge in [-0.3, -0.25) is 24.3 Å². The standard InChI is InChI=1S/C50H79N3O7/c1-33(2)42-36(54)29-50(40(59-28-27-58-12)32-53(26-25-52(10)11)31-34-15-13-14-24-51-34)23-22-48(8)35(43(42)50)16-17-38-47(7)20-19-39(60-41(55)30-45(3,4)44(56)57)46(5,6)37(47)18-21-49(38,48)9/h13-15,24,33,35,37-40H,16-23,25-32H2,1-12H3,(H,56,57)/t35-,37?,38-,39+,40+,47+,48-,49-,50+/m1/s1. The van der Waals surface area contributed by atoms with Crippen molar-refractivity contribution in [1.82, 2.24) is 14.8 Å². The number of carboxylic acids is 1. The molecule has 4 saturated carbocycles. The highest BCUT2D eigenvalue weighted by Crippen LogP contribution is 2.77. The Labute approximate surface area is 361 Å². The fourth-order valence-corrected chi connectivity index (χ4v) is 14.1. The first-order valence-corrected chi connectivity index (χ1v) is 23.2. The smallest absolute Gasteiger partial charge is 0.309 e. The van der Waals surface area contributed by atoms with Crippen LogP contribution < -0.4 is 0 Å². The highest BCUT2D eigenvalue weighted by molar-refractivity contribution is 6.00. The maximum atomic E-state index is 14.6. The Bertz CT molecular complexity index is 1760. The van der Waals surface area contributed by atoms with E-state index in [1.807, 2.05) is 12.3 Å². The second-order valence-corrected chi connectivity index (χ2v) is 22.3. The van der Waals surface area contributed by atoms with Crippen LogP contribution in [0.1, 0.15) is 132 Å². The number of rotatable bonds is 17. The normalized spacial score (nSPS) is 34.3. The summed E-state index contributed by atoms with van der Waals surface area (Å²) in [4.78, 5) is 49.2. The number of methoxy groups -OCH3 is 1. The molecule has 336 valence electrons. The van der Waals surface area contributed by atoms with Gasteiger partial charge in [-0.05, 0) is 137 Å². The number of carbonyl (C=O) groups is 3.